The first-order valence-electron chi connectivity index (χ1n) is 7.61. The number of halogens is 1. The van der Waals surface area contributed by atoms with E-state index >= 15 is 0 Å². The van der Waals surface area contributed by atoms with Gasteiger partial charge in [-0.1, -0.05) is 29.8 Å². The summed E-state index contributed by atoms with van der Waals surface area (Å²) in [5.41, 5.74) is 8.47. The van der Waals surface area contributed by atoms with Crippen molar-refractivity contribution in [1.82, 2.24) is 4.98 Å². The van der Waals surface area contributed by atoms with Crippen LogP contribution >= 0.6 is 11.6 Å². The number of rotatable bonds is 6. The summed E-state index contributed by atoms with van der Waals surface area (Å²) in [6.07, 6.45) is 1.75. The third-order valence-electron chi connectivity index (χ3n) is 3.52. The van der Waals surface area contributed by atoms with E-state index in [1.165, 1.54) is 0 Å². The average molecular weight is 340 g/mol. The zero-order valence-electron chi connectivity index (χ0n) is 13.1. The van der Waals surface area contributed by atoms with Crippen LogP contribution in [0.5, 0.6) is 5.75 Å². The van der Waals surface area contributed by atoms with E-state index in [1.807, 2.05) is 60.7 Å². The largest absolute Gasteiger partial charge is 0.489 e. The number of anilines is 2. The Kier molecular flexibility index (Phi) is 5.18. The summed E-state index contributed by atoms with van der Waals surface area (Å²) in [7, 11) is 0. The highest BCUT2D eigenvalue weighted by Crippen LogP contribution is 2.25. The molecule has 0 aliphatic heterocycles. The van der Waals surface area contributed by atoms with E-state index in [1.54, 1.807) is 6.20 Å². The number of pyridine rings is 1. The summed E-state index contributed by atoms with van der Waals surface area (Å²) in [6.45, 7) is 1.05. The standard InChI is InChI=1S/C19H18ClN3O/c20-16-6-9-18(24-13-14-4-7-17(21)8-5-14)15(11-16)12-23-19-3-1-2-10-22-19/h1-11H,12-13,21H2,(H,22,23). The highest BCUT2D eigenvalue weighted by molar-refractivity contribution is 6.30. The second kappa shape index (κ2) is 7.70. The molecular formula is C19H18ClN3O. The molecule has 3 rings (SSSR count). The molecule has 0 saturated carbocycles. The molecule has 3 N–H and O–H groups in total. The predicted molar refractivity (Wildman–Crippen MR) is 98.2 cm³/mol. The minimum atomic E-state index is 0.471. The summed E-state index contributed by atoms with van der Waals surface area (Å²) in [4.78, 5) is 4.25. The summed E-state index contributed by atoms with van der Waals surface area (Å²) in [5, 5.41) is 3.94. The number of ether oxygens (including phenoxy) is 1. The van der Waals surface area contributed by atoms with Gasteiger partial charge in [-0.25, -0.2) is 4.98 Å². The van der Waals surface area contributed by atoms with Crippen molar-refractivity contribution in [3.8, 4) is 5.75 Å². The van der Waals surface area contributed by atoms with Gasteiger partial charge in [0.15, 0.2) is 0 Å². The number of hydrogen-bond donors (Lipinski definition) is 2. The topological polar surface area (TPSA) is 60.2 Å². The summed E-state index contributed by atoms with van der Waals surface area (Å²) in [5.74, 6) is 1.60. The molecule has 0 aliphatic rings. The fourth-order valence-electron chi connectivity index (χ4n) is 2.26. The SMILES string of the molecule is Nc1ccc(COc2ccc(Cl)cc2CNc2ccccn2)cc1. The summed E-state index contributed by atoms with van der Waals surface area (Å²) >= 11 is 6.12. The first-order chi connectivity index (χ1) is 11.7. The Bertz CT molecular complexity index is 791. The molecule has 0 unspecified atom stereocenters. The van der Waals surface area contributed by atoms with Crippen LogP contribution in [-0.2, 0) is 13.2 Å². The van der Waals surface area contributed by atoms with Gasteiger partial charge in [0.05, 0.1) is 0 Å². The van der Waals surface area contributed by atoms with Crippen molar-refractivity contribution < 1.29 is 4.74 Å². The molecule has 1 aromatic heterocycles. The molecular weight excluding hydrogens is 322 g/mol. The number of nitrogens with two attached hydrogens (primary N) is 1. The van der Waals surface area contributed by atoms with Crippen LogP contribution in [0.15, 0.2) is 66.9 Å². The van der Waals surface area contributed by atoms with E-state index in [2.05, 4.69) is 10.3 Å². The molecule has 0 atom stereocenters. The van der Waals surface area contributed by atoms with Gasteiger partial charge in [-0.05, 0) is 48.0 Å². The Morgan fingerprint density at radius 3 is 2.62 bits per heavy atom. The van der Waals surface area contributed by atoms with Crippen LogP contribution in [0.2, 0.25) is 5.02 Å². The number of aromatic nitrogens is 1. The monoisotopic (exact) mass is 339 g/mol. The Hall–Kier alpha value is -2.72. The molecule has 4 nitrogen and oxygen atoms in total. The number of nitrogens with one attached hydrogen (secondary N) is 1. The predicted octanol–water partition coefficient (Wildman–Crippen LogP) is 4.51. The van der Waals surface area contributed by atoms with E-state index in [0.29, 0.717) is 18.2 Å². The Balaban J connectivity index is 1.69. The Morgan fingerprint density at radius 2 is 1.88 bits per heavy atom. The van der Waals surface area contributed by atoms with Crippen molar-refractivity contribution in [3.05, 3.63) is 83.0 Å². The molecule has 0 bridgehead atoms. The number of hydrogen-bond acceptors (Lipinski definition) is 4. The molecule has 0 spiro atoms. The van der Waals surface area contributed by atoms with Crippen LogP contribution < -0.4 is 15.8 Å². The lowest BCUT2D eigenvalue weighted by Gasteiger charge is -2.13. The van der Waals surface area contributed by atoms with Crippen molar-refractivity contribution in [2.75, 3.05) is 11.1 Å². The maximum atomic E-state index is 6.12. The molecule has 3 aromatic rings. The summed E-state index contributed by atoms with van der Waals surface area (Å²) in [6, 6.07) is 19.0. The maximum absolute atomic E-state index is 6.12. The van der Waals surface area contributed by atoms with Crippen LogP contribution in [-0.4, -0.2) is 4.98 Å². The molecule has 122 valence electrons. The van der Waals surface area contributed by atoms with Crippen molar-refractivity contribution in [2.24, 2.45) is 0 Å². The first-order valence-corrected chi connectivity index (χ1v) is 7.99. The maximum Gasteiger partial charge on any atom is 0.126 e. The number of nitrogens with zero attached hydrogens (tertiary/aromatic N) is 1. The minimum Gasteiger partial charge on any atom is -0.489 e. The van der Waals surface area contributed by atoms with Gasteiger partial charge in [0.25, 0.3) is 0 Å². The lowest BCUT2D eigenvalue weighted by molar-refractivity contribution is 0.303. The molecule has 0 aliphatic carbocycles. The van der Waals surface area contributed by atoms with Gasteiger partial charge in [0.1, 0.15) is 18.2 Å². The van der Waals surface area contributed by atoms with Crippen LogP contribution in [0.1, 0.15) is 11.1 Å². The zero-order valence-corrected chi connectivity index (χ0v) is 13.8. The molecule has 0 amide bonds. The third kappa shape index (κ3) is 4.40. The van der Waals surface area contributed by atoms with Gasteiger partial charge in [-0.2, -0.15) is 0 Å². The van der Waals surface area contributed by atoms with Crippen molar-refractivity contribution >= 4 is 23.1 Å². The number of nitrogen functional groups attached to an aromatic ring is 1. The molecule has 0 radical (unpaired) electrons. The third-order valence-corrected chi connectivity index (χ3v) is 3.76. The van der Waals surface area contributed by atoms with E-state index in [9.17, 15) is 0 Å². The van der Waals surface area contributed by atoms with Gasteiger partial charge < -0.3 is 15.8 Å². The lowest BCUT2D eigenvalue weighted by atomic mass is 10.2. The van der Waals surface area contributed by atoms with E-state index in [0.717, 1.165) is 28.4 Å². The van der Waals surface area contributed by atoms with Gasteiger partial charge in [0, 0.05) is 29.0 Å². The molecule has 0 fully saturated rings. The molecule has 0 saturated heterocycles. The summed E-state index contributed by atoms with van der Waals surface area (Å²) < 4.78 is 5.95. The normalized spacial score (nSPS) is 10.4. The second-order valence-corrected chi connectivity index (χ2v) is 5.79. The molecule has 24 heavy (non-hydrogen) atoms. The van der Waals surface area contributed by atoms with Crippen molar-refractivity contribution in [3.63, 3.8) is 0 Å². The van der Waals surface area contributed by atoms with Gasteiger partial charge in [-0.3, -0.25) is 0 Å². The van der Waals surface area contributed by atoms with Crippen LogP contribution in [0.4, 0.5) is 11.5 Å². The second-order valence-electron chi connectivity index (χ2n) is 5.35. The van der Waals surface area contributed by atoms with Crippen LogP contribution in [0.25, 0.3) is 0 Å². The highest BCUT2D eigenvalue weighted by Gasteiger charge is 2.06. The quantitative estimate of drug-likeness (QED) is 0.649. The molecule has 1 heterocycles. The fourth-order valence-corrected chi connectivity index (χ4v) is 2.45. The minimum absolute atomic E-state index is 0.471. The Labute approximate surface area is 146 Å². The average Bonchev–Trinajstić information content (AvgIpc) is 2.61. The Morgan fingerprint density at radius 1 is 1.04 bits per heavy atom. The van der Waals surface area contributed by atoms with Crippen molar-refractivity contribution in [2.45, 2.75) is 13.2 Å². The van der Waals surface area contributed by atoms with E-state index in [4.69, 9.17) is 22.1 Å². The van der Waals surface area contributed by atoms with E-state index < -0.39 is 0 Å². The zero-order chi connectivity index (χ0) is 16.8. The van der Waals surface area contributed by atoms with Crippen molar-refractivity contribution in [1.29, 1.82) is 0 Å². The molecule has 2 aromatic carbocycles. The van der Waals surface area contributed by atoms with Gasteiger partial charge in [-0.15, -0.1) is 0 Å². The van der Waals surface area contributed by atoms with Crippen LogP contribution in [0, 0.1) is 0 Å². The molecule has 5 heteroatoms. The number of benzene rings is 2. The smallest absolute Gasteiger partial charge is 0.126 e. The van der Waals surface area contributed by atoms with Gasteiger partial charge in [0.2, 0.25) is 0 Å². The first kappa shape index (κ1) is 16.1. The highest BCUT2D eigenvalue weighted by atomic mass is 35.5. The van der Waals surface area contributed by atoms with Crippen LogP contribution in [0.3, 0.4) is 0 Å². The van der Waals surface area contributed by atoms with Gasteiger partial charge >= 0.3 is 0 Å². The fraction of sp³-hybridized carbons (Fsp3) is 0.105. The van der Waals surface area contributed by atoms with E-state index in [-0.39, 0.29) is 0 Å². The lowest BCUT2D eigenvalue weighted by Crippen LogP contribution is -2.04.